The van der Waals surface area contributed by atoms with Crippen molar-refractivity contribution in [2.75, 3.05) is 0 Å². The molecule has 0 unspecified atom stereocenters. The van der Waals surface area contributed by atoms with E-state index in [9.17, 15) is 9.18 Å². The molecule has 0 heterocycles. The van der Waals surface area contributed by atoms with Crippen molar-refractivity contribution in [2.45, 2.75) is 26.2 Å². The van der Waals surface area contributed by atoms with Crippen LogP contribution in [-0.2, 0) is 6.42 Å². The molecule has 0 saturated heterocycles. The van der Waals surface area contributed by atoms with Crippen molar-refractivity contribution in [3.05, 3.63) is 71.0 Å². The number of carbonyl (C=O) groups is 1. The minimum absolute atomic E-state index is 0.0911. The van der Waals surface area contributed by atoms with Crippen LogP contribution in [0.2, 0.25) is 0 Å². The quantitative estimate of drug-likeness (QED) is 0.727. The number of rotatable bonds is 5. The molecule has 98 valence electrons. The molecule has 0 aliphatic rings. The summed E-state index contributed by atoms with van der Waals surface area (Å²) in [6.07, 6.45) is 2.22. The van der Waals surface area contributed by atoms with E-state index in [1.54, 1.807) is 13.0 Å². The largest absolute Gasteiger partial charge is 0.294 e. The van der Waals surface area contributed by atoms with Crippen molar-refractivity contribution in [3.63, 3.8) is 0 Å². The maximum atomic E-state index is 13.0. The minimum Gasteiger partial charge on any atom is -0.294 e. The first-order valence-electron chi connectivity index (χ1n) is 6.50. The standard InChI is InChI=1S/C17H17FO/c1-13-12-15(18)10-11-16(13)17(19)9-5-8-14-6-3-2-4-7-14/h2-4,6-7,10-12H,5,8-9H2,1H3. The summed E-state index contributed by atoms with van der Waals surface area (Å²) in [4.78, 5) is 12.0. The van der Waals surface area contributed by atoms with Crippen molar-refractivity contribution in [1.82, 2.24) is 0 Å². The first kappa shape index (κ1) is 13.5. The van der Waals surface area contributed by atoms with Gasteiger partial charge in [0.25, 0.3) is 0 Å². The minimum atomic E-state index is -0.293. The number of halogens is 1. The number of aryl methyl sites for hydroxylation is 2. The van der Waals surface area contributed by atoms with Crippen LogP contribution in [0.15, 0.2) is 48.5 Å². The molecule has 1 nitrogen and oxygen atoms in total. The lowest BCUT2D eigenvalue weighted by Crippen LogP contribution is -2.03. The Hall–Kier alpha value is -1.96. The first-order valence-corrected chi connectivity index (χ1v) is 6.50. The van der Waals surface area contributed by atoms with Gasteiger partial charge in [-0.3, -0.25) is 4.79 Å². The summed E-state index contributed by atoms with van der Waals surface area (Å²) in [7, 11) is 0. The van der Waals surface area contributed by atoms with Gasteiger partial charge >= 0.3 is 0 Å². The number of carbonyl (C=O) groups excluding carboxylic acids is 1. The van der Waals surface area contributed by atoms with Crippen LogP contribution in [0.4, 0.5) is 4.39 Å². The maximum absolute atomic E-state index is 13.0. The first-order chi connectivity index (χ1) is 9.16. The SMILES string of the molecule is Cc1cc(F)ccc1C(=O)CCCc1ccccc1. The average Bonchev–Trinajstić information content (AvgIpc) is 2.39. The molecule has 0 aliphatic heterocycles. The van der Waals surface area contributed by atoms with Gasteiger partial charge in [-0.05, 0) is 49.1 Å². The molecule has 2 heteroatoms. The average molecular weight is 256 g/mol. The Morgan fingerprint density at radius 2 is 1.84 bits per heavy atom. The Balaban J connectivity index is 1.91. The monoisotopic (exact) mass is 256 g/mol. The van der Waals surface area contributed by atoms with Gasteiger partial charge in [-0.2, -0.15) is 0 Å². The highest BCUT2D eigenvalue weighted by Crippen LogP contribution is 2.14. The number of benzene rings is 2. The zero-order valence-corrected chi connectivity index (χ0v) is 11.0. The molecule has 0 saturated carbocycles. The van der Waals surface area contributed by atoms with E-state index in [1.165, 1.54) is 17.7 Å². The third-order valence-electron chi connectivity index (χ3n) is 3.20. The summed E-state index contributed by atoms with van der Waals surface area (Å²) in [6.45, 7) is 1.77. The van der Waals surface area contributed by atoms with Gasteiger partial charge < -0.3 is 0 Å². The highest BCUT2D eigenvalue weighted by atomic mass is 19.1. The summed E-state index contributed by atoms with van der Waals surface area (Å²) in [5, 5.41) is 0. The third-order valence-corrected chi connectivity index (χ3v) is 3.20. The Kier molecular flexibility index (Phi) is 4.45. The number of hydrogen-bond donors (Lipinski definition) is 0. The normalized spacial score (nSPS) is 10.4. The van der Waals surface area contributed by atoms with E-state index in [1.807, 2.05) is 18.2 Å². The van der Waals surface area contributed by atoms with Gasteiger partial charge in [-0.25, -0.2) is 4.39 Å². The molecule has 0 N–H and O–H groups in total. The van der Waals surface area contributed by atoms with Gasteiger partial charge in [0, 0.05) is 12.0 Å². The van der Waals surface area contributed by atoms with E-state index in [-0.39, 0.29) is 11.6 Å². The number of Topliss-reactive ketones (excluding diaryl/α,β-unsaturated/α-hetero) is 1. The topological polar surface area (TPSA) is 17.1 Å². The van der Waals surface area contributed by atoms with E-state index in [0.29, 0.717) is 17.5 Å². The Bertz CT molecular complexity index is 561. The third kappa shape index (κ3) is 3.75. The molecule has 0 bridgehead atoms. The van der Waals surface area contributed by atoms with Gasteiger partial charge in [0.2, 0.25) is 0 Å². The van der Waals surface area contributed by atoms with Crippen LogP contribution < -0.4 is 0 Å². The van der Waals surface area contributed by atoms with Gasteiger partial charge in [-0.1, -0.05) is 30.3 Å². The summed E-state index contributed by atoms with van der Waals surface area (Å²) in [5.74, 6) is -0.202. The van der Waals surface area contributed by atoms with Crippen LogP contribution in [0.3, 0.4) is 0 Å². The van der Waals surface area contributed by atoms with Crippen molar-refractivity contribution in [1.29, 1.82) is 0 Å². The molecule has 2 rings (SSSR count). The Morgan fingerprint density at radius 3 is 2.53 bits per heavy atom. The van der Waals surface area contributed by atoms with Crippen LogP contribution in [0.1, 0.15) is 34.3 Å². The molecule has 19 heavy (non-hydrogen) atoms. The molecular weight excluding hydrogens is 239 g/mol. The molecule has 2 aromatic rings. The van der Waals surface area contributed by atoms with Gasteiger partial charge in [0.1, 0.15) is 5.82 Å². The zero-order valence-electron chi connectivity index (χ0n) is 11.0. The van der Waals surface area contributed by atoms with E-state index in [2.05, 4.69) is 12.1 Å². The molecule has 0 spiro atoms. The number of hydrogen-bond acceptors (Lipinski definition) is 1. The molecule has 0 aromatic heterocycles. The lowest BCUT2D eigenvalue weighted by Gasteiger charge is -2.05. The number of ketones is 1. The van der Waals surface area contributed by atoms with Gasteiger partial charge in [0.05, 0.1) is 0 Å². The zero-order chi connectivity index (χ0) is 13.7. The predicted molar refractivity (Wildman–Crippen MR) is 74.8 cm³/mol. The van der Waals surface area contributed by atoms with Crippen LogP contribution in [0.25, 0.3) is 0 Å². The van der Waals surface area contributed by atoms with E-state index < -0.39 is 0 Å². The van der Waals surface area contributed by atoms with Crippen LogP contribution >= 0.6 is 0 Å². The fourth-order valence-electron chi connectivity index (χ4n) is 2.17. The lowest BCUT2D eigenvalue weighted by molar-refractivity contribution is 0.0979. The summed E-state index contributed by atoms with van der Waals surface area (Å²) in [6, 6.07) is 14.4. The van der Waals surface area contributed by atoms with Crippen molar-refractivity contribution in [2.24, 2.45) is 0 Å². The van der Waals surface area contributed by atoms with Crippen molar-refractivity contribution < 1.29 is 9.18 Å². The second-order valence-electron chi connectivity index (χ2n) is 4.72. The second kappa shape index (κ2) is 6.28. The van der Waals surface area contributed by atoms with E-state index in [0.717, 1.165) is 12.8 Å². The van der Waals surface area contributed by atoms with E-state index in [4.69, 9.17) is 0 Å². The summed E-state index contributed by atoms with van der Waals surface area (Å²) < 4.78 is 13.0. The lowest BCUT2D eigenvalue weighted by atomic mass is 9.99. The van der Waals surface area contributed by atoms with Crippen molar-refractivity contribution in [3.8, 4) is 0 Å². The highest BCUT2D eigenvalue weighted by Gasteiger charge is 2.09. The predicted octanol–water partition coefficient (Wildman–Crippen LogP) is 4.34. The summed E-state index contributed by atoms with van der Waals surface area (Å²) in [5.41, 5.74) is 2.59. The van der Waals surface area contributed by atoms with Crippen LogP contribution in [0, 0.1) is 12.7 Å². The smallest absolute Gasteiger partial charge is 0.163 e. The van der Waals surface area contributed by atoms with E-state index >= 15 is 0 Å². The fraction of sp³-hybridized carbons (Fsp3) is 0.235. The maximum Gasteiger partial charge on any atom is 0.163 e. The fourth-order valence-corrected chi connectivity index (χ4v) is 2.17. The molecule has 2 aromatic carbocycles. The van der Waals surface area contributed by atoms with Crippen LogP contribution in [-0.4, -0.2) is 5.78 Å². The Morgan fingerprint density at radius 1 is 1.11 bits per heavy atom. The second-order valence-corrected chi connectivity index (χ2v) is 4.72. The molecule has 0 fully saturated rings. The van der Waals surface area contributed by atoms with Gasteiger partial charge in [0.15, 0.2) is 5.78 Å². The molecule has 0 amide bonds. The molecule has 0 radical (unpaired) electrons. The van der Waals surface area contributed by atoms with Crippen molar-refractivity contribution >= 4 is 5.78 Å². The molecule has 0 atom stereocenters. The Labute approximate surface area is 113 Å². The summed E-state index contributed by atoms with van der Waals surface area (Å²) >= 11 is 0. The van der Waals surface area contributed by atoms with Gasteiger partial charge in [-0.15, -0.1) is 0 Å². The molecular formula is C17H17FO. The highest BCUT2D eigenvalue weighted by molar-refractivity contribution is 5.97. The molecule has 0 aliphatic carbocycles. The van der Waals surface area contributed by atoms with Crippen LogP contribution in [0.5, 0.6) is 0 Å².